The third-order valence-corrected chi connectivity index (χ3v) is 3.05. The fourth-order valence-corrected chi connectivity index (χ4v) is 1.85. The Labute approximate surface area is 111 Å². The van der Waals surface area contributed by atoms with Gasteiger partial charge in [0.2, 0.25) is 0 Å². The Bertz CT molecular complexity index is 516. The summed E-state index contributed by atoms with van der Waals surface area (Å²) in [5.41, 5.74) is 1.93. The average Bonchev–Trinajstić information content (AvgIpc) is 2.40. The fourth-order valence-electron chi connectivity index (χ4n) is 1.66. The van der Waals surface area contributed by atoms with Gasteiger partial charge in [0.05, 0.1) is 10.7 Å². The zero-order valence-electron chi connectivity index (χ0n) is 10.0. The van der Waals surface area contributed by atoms with Gasteiger partial charge in [-0.05, 0) is 36.8 Å². The summed E-state index contributed by atoms with van der Waals surface area (Å²) in [5, 5.41) is 3.47. The van der Waals surface area contributed by atoms with E-state index in [4.69, 9.17) is 11.6 Å². The SMILES string of the molecule is CC(NCc1ccccn1)c1ccc(F)c(Cl)c1. The van der Waals surface area contributed by atoms with E-state index in [0.29, 0.717) is 6.54 Å². The molecular formula is C14H14ClFN2. The van der Waals surface area contributed by atoms with Crippen LogP contribution in [-0.4, -0.2) is 4.98 Å². The van der Waals surface area contributed by atoms with Crippen molar-refractivity contribution in [3.8, 4) is 0 Å². The van der Waals surface area contributed by atoms with Gasteiger partial charge in [0, 0.05) is 18.8 Å². The molecule has 1 atom stereocenters. The molecule has 0 radical (unpaired) electrons. The smallest absolute Gasteiger partial charge is 0.141 e. The van der Waals surface area contributed by atoms with Crippen molar-refractivity contribution < 1.29 is 4.39 Å². The number of aromatic nitrogens is 1. The maximum absolute atomic E-state index is 13.1. The van der Waals surface area contributed by atoms with E-state index >= 15 is 0 Å². The first-order chi connectivity index (χ1) is 8.66. The van der Waals surface area contributed by atoms with Crippen molar-refractivity contribution in [3.63, 3.8) is 0 Å². The van der Waals surface area contributed by atoms with Gasteiger partial charge in [-0.1, -0.05) is 23.7 Å². The van der Waals surface area contributed by atoms with Crippen LogP contribution < -0.4 is 5.32 Å². The Hall–Kier alpha value is -1.45. The number of rotatable bonds is 4. The Kier molecular flexibility index (Phi) is 4.28. The van der Waals surface area contributed by atoms with Gasteiger partial charge >= 0.3 is 0 Å². The van der Waals surface area contributed by atoms with E-state index in [0.717, 1.165) is 11.3 Å². The molecule has 1 heterocycles. The van der Waals surface area contributed by atoms with Crippen LogP contribution in [0.25, 0.3) is 0 Å². The van der Waals surface area contributed by atoms with E-state index in [9.17, 15) is 4.39 Å². The first-order valence-corrected chi connectivity index (χ1v) is 6.13. The molecule has 0 saturated carbocycles. The van der Waals surface area contributed by atoms with Crippen molar-refractivity contribution in [1.29, 1.82) is 0 Å². The molecule has 94 valence electrons. The zero-order valence-corrected chi connectivity index (χ0v) is 10.8. The van der Waals surface area contributed by atoms with Gasteiger partial charge in [-0.15, -0.1) is 0 Å². The van der Waals surface area contributed by atoms with Crippen molar-refractivity contribution in [2.45, 2.75) is 19.5 Å². The van der Waals surface area contributed by atoms with Gasteiger partial charge in [-0.2, -0.15) is 0 Å². The summed E-state index contributed by atoms with van der Waals surface area (Å²) in [5.74, 6) is -0.391. The minimum atomic E-state index is -0.391. The predicted molar refractivity (Wildman–Crippen MR) is 70.9 cm³/mol. The molecule has 2 rings (SSSR count). The number of hydrogen-bond acceptors (Lipinski definition) is 2. The van der Waals surface area contributed by atoms with Crippen LogP contribution in [0.1, 0.15) is 24.2 Å². The minimum absolute atomic E-state index is 0.0881. The van der Waals surface area contributed by atoms with Crippen LogP contribution in [-0.2, 0) is 6.54 Å². The molecule has 0 spiro atoms. The molecule has 0 saturated heterocycles. The van der Waals surface area contributed by atoms with Crippen LogP contribution in [0.2, 0.25) is 5.02 Å². The molecular weight excluding hydrogens is 251 g/mol. The summed E-state index contributed by atoms with van der Waals surface area (Å²) in [6, 6.07) is 10.6. The van der Waals surface area contributed by atoms with Crippen molar-refractivity contribution in [1.82, 2.24) is 10.3 Å². The van der Waals surface area contributed by atoms with Crippen molar-refractivity contribution in [3.05, 3.63) is 64.7 Å². The normalized spacial score (nSPS) is 12.4. The highest BCUT2D eigenvalue weighted by Crippen LogP contribution is 2.20. The van der Waals surface area contributed by atoms with Gasteiger partial charge in [0.15, 0.2) is 0 Å². The standard InChI is InChI=1S/C14H14ClFN2/c1-10(11-5-6-14(16)13(15)8-11)18-9-12-4-2-3-7-17-12/h2-8,10,18H,9H2,1H3. The number of nitrogens with one attached hydrogen (secondary N) is 1. The Morgan fingerprint density at radius 1 is 1.33 bits per heavy atom. The number of benzene rings is 1. The molecule has 1 aromatic heterocycles. The number of pyridine rings is 1. The van der Waals surface area contributed by atoms with Gasteiger partial charge in [-0.3, -0.25) is 4.98 Å². The van der Waals surface area contributed by atoms with E-state index in [2.05, 4.69) is 10.3 Å². The van der Waals surface area contributed by atoms with Crippen LogP contribution in [0, 0.1) is 5.82 Å². The third-order valence-electron chi connectivity index (χ3n) is 2.76. The first-order valence-electron chi connectivity index (χ1n) is 5.75. The lowest BCUT2D eigenvalue weighted by Crippen LogP contribution is -2.18. The molecule has 0 aliphatic rings. The second-order valence-electron chi connectivity index (χ2n) is 4.10. The Balaban J connectivity index is 1.99. The molecule has 0 aliphatic heterocycles. The summed E-state index contributed by atoms with van der Waals surface area (Å²) in [7, 11) is 0. The number of halogens is 2. The molecule has 4 heteroatoms. The fraction of sp³-hybridized carbons (Fsp3) is 0.214. The zero-order chi connectivity index (χ0) is 13.0. The van der Waals surface area contributed by atoms with E-state index in [1.54, 1.807) is 18.3 Å². The van der Waals surface area contributed by atoms with Crippen LogP contribution in [0.4, 0.5) is 4.39 Å². The Morgan fingerprint density at radius 2 is 2.17 bits per heavy atom. The molecule has 0 fully saturated rings. The maximum Gasteiger partial charge on any atom is 0.141 e. The lowest BCUT2D eigenvalue weighted by Gasteiger charge is -2.14. The lowest BCUT2D eigenvalue weighted by atomic mass is 10.1. The van der Waals surface area contributed by atoms with Crippen LogP contribution in [0.5, 0.6) is 0 Å². The summed E-state index contributed by atoms with van der Waals surface area (Å²) in [4.78, 5) is 4.23. The Morgan fingerprint density at radius 3 is 2.83 bits per heavy atom. The van der Waals surface area contributed by atoms with E-state index in [1.807, 2.05) is 25.1 Å². The molecule has 0 amide bonds. The van der Waals surface area contributed by atoms with E-state index in [1.165, 1.54) is 6.07 Å². The van der Waals surface area contributed by atoms with Crippen LogP contribution in [0.3, 0.4) is 0 Å². The number of hydrogen-bond donors (Lipinski definition) is 1. The van der Waals surface area contributed by atoms with Crippen molar-refractivity contribution in [2.75, 3.05) is 0 Å². The lowest BCUT2D eigenvalue weighted by molar-refractivity contribution is 0.565. The quantitative estimate of drug-likeness (QED) is 0.910. The molecule has 1 unspecified atom stereocenters. The first kappa shape index (κ1) is 13.0. The average molecular weight is 265 g/mol. The van der Waals surface area contributed by atoms with Crippen molar-refractivity contribution in [2.24, 2.45) is 0 Å². The minimum Gasteiger partial charge on any atom is -0.305 e. The number of nitrogens with zero attached hydrogens (tertiary/aromatic N) is 1. The molecule has 1 N–H and O–H groups in total. The van der Waals surface area contributed by atoms with E-state index in [-0.39, 0.29) is 11.1 Å². The second-order valence-corrected chi connectivity index (χ2v) is 4.50. The van der Waals surface area contributed by atoms with Gasteiger partial charge in [0.25, 0.3) is 0 Å². The topological polar surface area (TPSA) is 24.9 Å². The maximum atomic E-state index is 13.1. The van der Waals surface area contributed by atoms with Crippen molar-refractivity contribution >= 4 is 11.6 Å². The highest BCUT2D eigenvalue weighted by Gasteiger charge is 2.08. The second kappa shape index (κ2) is 5.94. The summed E-state index contributed by atoms with van der Waals surface area (Å²) < 4.78 is 13.1. The molecule has 2 aromatic rings. The summed E-state index contributed by atoms with van der Waals surface area (Å²) in [6.45, 7) is 2.67. The predicted octanol–water partition coefficient (Wildman–Crippen LogP) is 3.72. The molecule has 0 bridgehead atoms. The largest absolute Gasteiger partial charge is 0.305 e. The highest BCUT2D eigenvalue weighted by molar-refractivity contribution is 6.30. The molecule has 0 aliphatic carbocycles. The van der Waals surface area contributed by atoms with Crippen LogP contribution >= 0.6 is 11.6 Å². The monoisotopic (exact) mass is 264 g/mol. The highest BCUT2D eigenvalue weighted by atomic mass is 35.5. The van der Waals surface area contributed by atoms with Gasteiger partial charge in [0.1, 0.15) is 5.82 Å². The summed E-state index contributed by atoms with van der Waals surface area (Å²) in [6.07, 6.45) is 1.76. The molecule has 2 nitrogen and oxygen atoms in total. The van der Waals surface area contributed by atoms with Crippen LogP contribution in [0.15, 0.2) is 42.6 Å². The van der Waals surface area contributed by atoms with E-state index < -0.39 is 5.82 Å². The molecule has 1 aromatic carbocycles. The van der Waals surface area contributed by atoms with Gasteiger partial charge in [-0.25, -0.2) is 4.39 Å². The van der Waals surface area contributed by atoms with Gasteiger partial charge < -0.3 is 5.32 Å². The molecule has 18 heavy (non-hydrogen) atoms. The summed E-state index contributed by atoms with van der Waals surface area (Å²) >= 11 is 5.76. The third kappa shape index (κ3) is 3.28.